The van der Waals surface area contributed by atoms with Crippen molar-refractivity contribution >= 4 is 13.6 Å². The molecule has 0 N–H and O–H groups in total. The monoisotopic (exact) mass is 299 g/mol. The topological polar surface area (TPSA) is 19.9 Å². The average Bonchev–Trinajstić information content (AvgIpc) is 1.50. The summed E-state index contributed by atoms with van der Waals surface area (Å²) in [5.41, 5.74) is 0. The van der Waals surface area contributed by atoms with Crippen molar-refractivity contribution in [1.29, 1.82) is 0 Å². The SMILES string of the molecule is [Br][Os].[C-]#[O+]. The van der Waals surface area contributed by atoms with Gasteiger partial charge in [-0.3, -0.25) is 0 Å². The van der Waals surface area contributed by atoms with E-state index < -0.39 is 0 Å². The van der Waals surface area contributed by atoms with Crippen molar-refractivity contribution in [3.63, 3.8) is 0 Å². The summed E-state index contributed by atoms with van der Waals surface area (Å²) in [6.07, 6.45) is 0. The summed E-state index contributed by atoms with van der Waals surface area (Å²) in [5, 5.41) is 0. The van der Waals surface area contributed by atoms with Gasteiger partial charge in [-0.05, 0) is 0 Å². The molecule has 0 heterocycles. The summed E-state index contributed by atoms with van der Waals surface area (Å²) in [7, 11) is 0. The van der Waals surface area contributed by atoms with Crippen LogP contribution in [0.3, 0.4) is 0 Å². The van der Waals surface area contributed by atoms with Gasteiger partial charge < -0.3 is 0 Å². The fraction of sp³-hybridized carbons (Fsp3) is 0. The molecule has 0 radical (unpaired) electrons. The van der Waals surface area contributed by atoms with Gasteiger partial charge in [0.05, 0.1) is 0 Å². The first-order chi connectivity index (χ1) is 2.00. The molecule has 0 aromatic carbocycles. The normalized spacial score (nSPS) is 2.00. The Bertz CT molecular complexity index is 12.8. The molecule has 3 heteroatoms. The van der Waals surface area contributed by atoms with Crippen LogP contribution in [0.2, 0.25) is 0 Å². The first-order valence-electron chi connectivity index (χ1n) is 0.338. The van der Waals surface area contributed by atoms with Crippen LogP contribution in [0.15, 0.2) is 0 Å². The van der Waals surface area contributed by atoms with Crippen LogP contribution in [0.1, 0.15) is 0 Å². The second-order valence-corrected chi connectivity index (χ2v) is 0. The molecule has 0 aliphatic carbocycles. The van der Waals surface area contributed by atoms with Crippen LogP contribution in [0, 0.1) is 6.65 Å². The van der Waals surface area contributed by atoms with Crippen molar-refractivity contribution in [3.8, 4) is 0 Å². The van der Waals surface area contributed by atoms with E-state index in [2.05, 4.69) is 20.2 Å². The molecule has 0 saturated carbocycles. The van der Waals surface area contributed by atoms with Gasteiger partial charge in [-0.2, -0.15) is 0 Å². The third kappa shape index (κ3) is 13.4. The summed E-state index contributed by atoms with van der Waals surface area (Å²) < 4.78 is 7.50. The van der Waals surface area contributed by atoms with Gasteiger partial charge in [0.2, 0.25) is 0 Å². The zero-order valence-corrected chi connectivity index (χ0v) is 5.77. The van der Waals surface area contributed by atoms with E-state index in [1.807, 2.05) is 0 Å². The molecule has 0 bridgehead atoms. The van der Waals surface area contributed by atoms with E-state index >= 15 is 0 Å². The Morgan fingerprint density at radius 3 is 1.50 bits per heavy atom. The van der Waals surface area contributed by atoms with Crippen LogP contribution in [0.4, 0.5) is 0 Å². The predicted octanol–water partition coefficient (Wildman–Crippen LogP) is 0.806. The van der Waals surface area contributed by atoms with Crippen LogP contribution in [-0.2, 0) is 21.3 Å². The summed E-state index contributed by atoms with van der Waals surface area (Å²) in [4.78, 5) is 0. The van der Waals surface area contributed by atoms with E-state index in [1.54, 1.807) is 16.6 Å². The second kappa shape index (κ2) is 42.9. The van der Waals surface area contributed by atoms with Gasteiger partial charge in [0.15, 0.2) is 0 Å². The molecular weight excluding hydrogens is 298 g/mol. The quantitative estimate of drug-likeness (QED) is 0.466. The van der Waals surface area contributed by atoms with E-state index in [1.165, 1.54) is 0 Å². The molecule has 0 spiro atoms. The average molecular weight is 298 g/mol. The Morgan fingerprint density at radius 2 is 1.50 bits per heavy atom. The third-order valence-corrected chi connectivity index (χ3v) is 0. The van der Waals surface area contributed by atoms with Crippen LogP contribution in [-0.4, -0.2) is 0 Å². The van der Waals surface area contributed by atoms with Crippen molar-refractivity contribution in [3.05, 3.63) is 6.65 Å². The molecular formula is CBrOOs. The minimum atomic E-state index is 1.67. The van der Waals surface area contributed by atoms with Crippen LogP contribution in [0.5, 0.6) is 0 Å². The maximum atomic E-state index is 7.50. The zero-order valence-electron chi connectivity index (χ0n) is 1.64. The van der Waals surface area contributed by atoms with Crippen molar-refractivity contribution in [1.82, 2.24) is 0 Å². The molecule has 0 rings (SSSR count). The molecule has 0 fully saturated rings. The number of halogens is 1. The molecule has 0 aromatic rings. The van der Waals surface area contributed by atoms with Crippen molar-refractivity contribution in [2.45, 2.75) is 0 Å². The van der Waals surface area contributed by atoms with Gasteiger partial charge in [0.1, 0.15) is 0 Å². The number of hydrogen-bond acceptors (Lipinski definition) is 0. The van der Waals surface area contributed by atoms with Crippen LogP contribution < -0.4 is 0 Å². The van der Waals surface area contributed by atoms with Gasteiger partial charge in [-0.25, -0.2) is 0 Å². The van der Waals surface area contributed by atoms with E-state index in [0.29, 0.717) is 0 Å². The fourth-order valence-corrected chi connectivity index (χ4v) is 0. The Hall–Kier alpha value is 0.856. The molecule has 0 unspecified atom stereocenters. The fourth-order valence-electron chi connectivity index (χ4n) is 0. The maximum absolute atomic E-state index is 7.50. The summed E-state index contributed by atoms with van der Waals surface area (Å²) >= 11 is 4.64. The molecule has 0 amide bonds. The first kappa shape index (κ1) is 8.85. The van der Waals surface area contributed by atoms with Gasteiger partial charge in [-0.1, -0.05) is 0 Å². The minimum absolute atomic E-state index is 1.67. The van der Waals surface area contributed by atoms with E-state index in [-0.39, 0.29) is 0 Å². The van der Waals surface area contributed by atoms with Gasteiger partial charge >= 0.3 is 41.5 Å². The Kier molecular flexibility index (Phi) is 94.9. The third-order valence-electron chi connectivity index (χ3n) is 0. The van der Waals surface area contributed by atoms with Crippen molar-refractivity contribution in [2.24, 2.45) is 0 Å². The van der Waals surface area contributed by atoms with Crippen molar-refractivity contribution < 1.29 is 21.3 Å². The molecule has 0 aliphatic rings. The van der Waals surface area contributed by atoms with Crippen LogP contribution >= 0.6 is 13.6 Å². The molecule has 0 aliphatic heterocycles. The molecule has 0 atom stereocenters. The van der Waals surface area contributed by atoms with E-state index in [9.17, 15) is 0 Å². The first-order valence-corrected chi connectivity index (χ1v) is 5.89. The Balaban J connectivity index is 0. The predicted molar refractivity (Wildman–Crippen MR) is 12.9 cm³/mol. The number of rotatable bonds is 0. The standard InChI is InChI=1S/CO.BrH.Os/c1-2;;/h;1H;/q;;+1/p-1. The molecule has 0 aromatic heterocycles. The molecule has 0 saturated heterocycles. The van der Waals surface area contributed by atoms with Gasteiger partial charge in [0.25, 0.3) is 0 Å². The summed E-state index contributed by atoms with van der Waals surface area (Å²) in [6, 6.07) is 0. The summed E-state index contributed by atoms with van der Waals surface area (Å²) in [5.74, 6) is 0. The molecule has 4 heavy (non-hydrogen) atoms. The second-order valence-electron chi connectivity index (χ2n) is 0. The number of hydrogen-bond donors (Lipinski definition) is 0. The molecule has 1 nitrogen and oxygen atoms in total. The Morgan fingerprint density at radius 1 is 1.50 bits per heavy atom. The summed E-state index contributed by atoms with van der Waals surface area (Å²) in [6.45, 7) is 4.50. The molecule has 25 valence electrons. The Labute approximate surface area is 41.7 Å². The van der Waals surface area contributed by atoms with E-state index in [0.717, 1.165) is 0 Å². The van der Waals surface area contributed by atoms with Gasteiger partial charge in [0, 0.05) is 0 Å². The van der Waals surface area contributed by atoms with E-state index in [4.69, 9.17) is 4.65 Å². The zero-order chi connectivity index (χ0) is 4.00. The van der Waals surface area contributed by atoms with Crippen LogP contribution in [0.25, 0.3) is 0 Å². The van der Waals surface area contributed by atoms with Gasteiger partial charge in [-0.15, -0.1) is 0 Å². The van der Waals surface area contributed by atoms with Crippen molar-refractivity contribution in [2.75, 3.05) is 0 Å².